The van der Waals surface area contributed by atoms with Gasteiger partial charge in [0.2, 0.25) is 0 Å². The van der Waals surface area contributed by atoms with Crippen molar-refractivity contribution in [2.45, 2.75) is 43.8 Å². The van der Waals surface area contributed by atoms with E-state index < -0.39 is 0 Å². The average molecular weight is 226 g/mol. The lowest BCUT2D eigenvalue weighted by Gasteiger charge is -2.32. The number of aliphatic hydroxyl groups excluding tert-OH is 1. The van der Waals surface area contributed by atoms with Gasteiger partial charge in [-0.05, 0) is 35.2 Å². The van der Waals surface area contributed by atoms with Gasteiger partial charge >= 0.3 is 0 Å². The van der Waals surface area contributed by atoms with Crippen LogP contribution in [0.15, 0.2) is 16.8 Å². The van der Waals surface area contributed by atoms with Gasteiger partial charge in [0, 0.05) is 13.5 Å². The minimum Gasteiger partial charge on any atom is -0.390 e. The van der Waals surface area contributed by atoms with Crippen molar-refractivity contribution in [2.75, 3.05) is 7.11 Å². The molecule has 1 aromatic heterocycles. The maximum absolute atomic E-state index is 10.3. The molecule has 2 nitrogen and oxygen atoms in total. The second kappa shape index (κ2) is 4.64. The van der Waals surface area contributed by atoms with Crippen LogP contribution in [-0.4, -0.2) is 23.9 Å². The summed E-state index contributed by atoms with van der Waals surface area (Å²) in [5.41, 5.74) is 0.943. The first-order valence-electron chi connectivity index (χ1n) is 5.51. The molecule has 1 heterocycles. The Balaban J connectivity index is 2.02. The van der Waals surface area contributed by atoms with E-state index in [1.165, 1.54) is 18.4 Å². The van der Waals surface area contributed by atoms with E-state index in [9.17, 15) is 5.11 Å². The molecule has 0 radical (unpaired) electrons. The zero-order valence-corrected chi connectivity index (χ0v) is 9.93. The zero-order valence-electron chi connectivity index (χ0n) is 9.11. The summed E-state index contributed by atoms with van der Waals surface area (Å²) in [4.78, 5) is 0. The van der Waals surface area contributed by atoms with E-state index in [1.54, 1.807) is 18.4 Å². The van der Waals surface area contributed by atoms with E-state index >= 15 is 0 Å². The van der Waals surface area contributed by atoms with Gasteiger partial charge in [-0.3, -0.25) is 0 Å². The smallest absolute Gasteiger partial charge is 0.0939 e. The number of thiophene rings is 1. The minimum atomic E-state index is -0.361. The Morgan fingerprint density at radius 3 is 2.80 bits per heavy atom. The Morgan fingerprint density at radius 1 is 1.53 bits per heavy atom. The highest BCUT2D eigenvalue weighted by Gasteiger charge is 2.40. The Bertz CT molecular complexity index is 289. The van der Waals surface area contributed by atoms with Gasteiger partial charge in [-0.2, -0.15) is 11.3 Å². The van der Waals surface area contributed by atoms with E-state index in [-0.39, 0.29) is 11.7 Å². The summed E-state index contributed by atoms with van der Waals surface area (Å²) in [5, 5.41) is 14.4. The Labute approximate surface area is 94.9 Å². The summed E-state index contributed by atoms with van der Waals surface area (Å²) in [7, 11) is 1.72. The summed E-state index contributed by atoms with van der Waals surface area (Å²) in [5.74, 6) is 0. The molecule has 3 heteroatoms. The van der Waals surface area contributed by atoms with Gasteiger partial charge in [-0.25, -0.2) is 0 Å². The van der Waals surface area contributed by atoms with Gasteiger partial charge in [-0.1, -0.05) is 12.8 Å². The van der Waals surface area contributed by atoms with E-state index in [0.29, 0.717) is 0 Å². The molecular formula is C12H18O2S. The van der Waals surface area contributed by atoms with Gasteiger partial charge in [0.15, 0.2) is 0 Å². The fourth-order valence-electron chi connectivity index (χ4n) is 2.46. The van der Waals surface area contributed by atoms with E-state index in [1.807, 2.05) is 0 Å². The van der Waals surface area contributed by atoms with Crippen LogP contribution in [0.5, 0.6) is 0 Å². The van der Waals surface area contributed by atoms with Crippen LogP contribution in [0.2, 0.25) is 0 Å². The Kier molecular flexibility index (Phi) is 3.44. The fourth-order valence-corrected chi connectivity index (χ4v) is 3.15. The summed E-state index contributed by atoms with van der Waals surface area (Å²) in [6, 6.07) is 2.08. The molecule has 1 saturated carbocycles. The highest BCUT2D eigenvalue weighted by molar-refractivity contribution is 7.07. The third kappa shape index (κ3) is 2.25. The number of hydrogen-bond acceptors (Lipinski definition) is 3. The molecule has 0 amide bonds. The summed E-state index contributed by atoms with van der Waals surface area (Å²) in [6.45, 7) is 0. The predicted molar refractivity (Wildman–Crippen MR) is 62.2 cm³/mol. The minimum absolute atomic E-state index is 0.276. The first-order valence-corrected chi connectivity index (χ1v) is 6.45. The van der Waals surface area contributed by atoms with Crippen molar-refractivity contribution in [3.8, 4) is 0 Å². The first kappa shape index (κ1) is 11.1. The number of rotatable bonds is 4. The number of ether oxygens (including phenoxy) is 1. The van der Waals surface area contributed by atoms with Crippen molar-refractivity contribution >= 4 is 11.3 Å². The molecule has 1 N–H and O–H groups in total. The van der Waals surface area contributed by atoms with Crippen molar-refractivity contribution in [1.29, 1.82) is 0 Å². The van der Waals surface area contributed by atoms with Gasteiger partial charge in [0.1, 0.15) is 0 Å². The average Bonchev–Trinajstić information content (AvgIpc) is 2.87. The highest BCUT2D eigenvalue weighted by Crippen LogP contribution is 2.36. The zero-order chi connectivity index (χ0) is 10.7. The molecule has 1 fully saturated rings. The van der Waals surface area contributed by atoms with Crippen molar-refractivity contribution < 1.29 is 9.84 Å². The molecule has 1 atom stereocenters. The maximum Gasteiger partial charge on any atom is 0.0939 e. The maximum atomic E-state index is 10.3. The molecule has 0 bridgehead atoms. The molecular weight excluding hydrogens is 208 g/mol. The largest absolute Gasteiger partial charge is 0.390 e. The van der Waals surface area contributed by atoms with Gasteiger partial charge < -0.3 is 9.84 Å². The first-order chi connectivity index (χ1) is 7.27. The predicted octanol–water partition coefficient (Wildman–Crippen LogP) is 2.61. The molecule has 0 spiro atoms. The third-order valence-corrected chi connectivity index (χ3v) is 4.20. The van der Waals surface area contributed by atoms with Crippen molar-refractivity contribution in [2.24, 2.45) is 0 Å². The van der Waals surface area contributed by atoms with E-state index in [4.69, 9.17) is 4.74 Å². The van der Waals surface area contributed by atoms with E-state index in [0.717, 1.165) is 19.3 Å². The van der Waals surface area contributed by atoms with Crippen LogP contribution in [0.25, 0.3) is 0 Å². The molecule has 1 unspecified atom stereocenters. The second-order valence-electron chi connectivity index (χ2n) is 4.33. The van der Waals surface area contributed by atoms with Crippen LogP contribution in [0, 0.1) is 0 Å². The fraction of sp³-hybridized carbons (Fsp3) is 0.667. The van der Waals surface area contributed by atoms with Crippen molar-refractivity contribution in [3.63, 3.8) is 0 Å². The summed E-state index contributed by atoms with van der Waals surface area (Å²) < 4.78 is 5.56. The van der Waals surface area contributed by atoms with Crippen molar-refractivity contribution in [1.82, 2.24) is 0 Å². The Morgan fingerprint density at radius 2 is 2.27 bits per heavy atom. The molecule has 2 rings (SSSR count). The van der Waals surface area contributed by atoms with Crippen LogP contribution >= 0.6 is 11.3 Å². The quantitative estimate of drug-likeness (QED) is 0.855. The monoisotopic (exact) mass is 226 g/mol. The number of aliphatic hydroxyl groups is 1. The molecule has 15 heavy (non-hydrogen) atoms. The third-order valence-electron chi connectivity index (χ3n) is 3.47. The topological polar surface area (TPSA) is 29.5 Å². The molecule has 1 aliphatic rings. The van der Waals surface area contributed by atoms with Gasteiger partial charge in [0.05, 0.1) is 11.7 Å². The SMILES string of the molecule is COC1(C(O)Cc2ccsc2)CCCC1. The molecule has 84 valence electrons. The van der Waals surface area contributed by atoms with Crippen molar-refractivity contribution in [3.05, 3.63) is 22.4 Å². The van der Waals surface area contributed by atoms with Gasteiger partial charge in [-0.15, -0.1) is 0 Å². The lowest BCUT2D eigenvalue weighted by Crippen LogP contribution is -2.42. The molecule has 1 aliphatic carbocycles. The van der Waals surface area contributed by atoms with Gasteiger partial charge in [0.25, 0.3) is 0 Å². The highest BCUT2D eigenvalue weighted by atomic mass is 32.1. The molecule has 0 aliphatic heterocycles. The number of hydrogen-bond donors (Lipinski definition) is 1. The number of methoxy groups -OCH3 is 1. The lowest BCUT2D eigenvalue weighted by molar-refractivity contribution is -0.0970. The normalized spacial score (nSPS) is 21.7. The van der Waals surface area contributed by atoms with Crippen LogP contribution in [0.4, 0.5) is 0 Å². The Hall–Kier alpha value is -0.380. The lowest BCUT2D eigenvalue weighted by atomic mass is 9.90. The molecule has 0 saturated heterocycles. The molecule has 0 aromatic carbocycles. The second-order valence-corrected chi connectivity index (χ2v) is 5.11. The summed E-state index contributed by atoms with van der Waals surface area (Å²) in [6.07, 6.45) is 4.70. The summed E-state index contributed by atoms with van der Waals surface area (Å²) >= 11 is 1.68. The van der Waals surface area contributed by atoms with Crippen LogP contribution < -0.4 is 0 Å². The molecule has 1 aromatic rings. The van der Waals surface area contributed by atoms with Crippen LogP contribution in [-0.2, 0) is 11.2 Å². The van der Waals surface area contributed by atoms with Crippen LogP contribution in [0.3, 0.4) is 0 Å². The van der Waals surface area contributed by atoms with Crippen LogP contribution in [0.1, 0.15) is 31.2 Å². The standard InChI is InChI=1S/C12H18O2S/c1-14-12(5-2-3-6-12)11(13)8-10-4-7-15-9-10/h4,7,9,11,13H,2-3,5-6,8H2,1H3. The van der Waals surface area contributed by atoms with E-state index in [2.05, 4.69) is 16.8 Å².